The van der Waals surface area contributed by atoms with Crippen LogP contribution in [0.4, 0.5) is 0 Å². The average Bonchev–Trinajstić information content (AvgIpc) is 2.70. The van der Waals surface area contributed by atoms with Crippen molar-refractivity contribution in [2.75, 3.05) is 0 Å². The predicted octanol–water partition coefficient (Wildman–Crippen LogP) is 3.07. The summed E-state index contributed by atoms with van der Waals surface area (Å²) in [5.74, 6) is 1.92. The Kier molecular flexibility index (Phi) is 2.47. The molecule has 2 aromatic heterocycles. The van der Waals surface area contributed by atoms with Gasteiger partial charge in [-0.05, 0) is 47.0 Å². The summed E-state index contributed by atoms with van der Waals surface area (Å²) >= 11 is 3.64. The lowest BCUT2D eigenvalue weighted by Gasteiger charge is -2.20. The first kappa shape index (κ1) is 9.71. The molecular weight excluding hydrogens is 325 g/mol. The van der Waals surface area contributed by atoms with Crippen molar-refractivity contribution in [3.63, 3.8) is 0 Å². The van der Waals surface area contributed by atoms with E-state index in [1.165, 1.54) is 30.8 Å². The summed E-state index contributed by atoms with van der Waals surface area (Å²) in [5, 5.41) is 5.99. The first-order chi connectivity index (χ1) is 7.34. The van der Waals surface area contributed by atoms with Gasteiger partial charge in [0.2, 0.25) is 0 Å². The molecule has 2 heterocycles. The molecule has 0 atom stereocenters. The highest BCUT2D eigenvalue weighted by molar-refractivity contribution is 14.1. The molecule has 0 amide bonds. The maximum atomic E-state index is 5.22. The molecule has 0 bridgehead atoms. The van der Waals surface area contributed by atoms with Crippen LogP contribution in [0.2, 0.25) is 0 Å². The van der Waals surface area contributed by atoms with Crippen molar-refractivity contribution in [2.45, 2.75) is 25.2 Å². The van der Waals surface area contributed by atoms with Gasteiger partial charge in [-0.25, -0.2) is 0 Å². The Bertz CT molecular complexity index is 477. The Morgan fingerprint density at radius 3 is 2.93 bits per heavy atom. The zero-order valence-corrected chi connectivity index (χ0v) is 10.8. The van der Waals surface area contributed by atoms with Crippen molar-refractivity contribution in [1.29, 1.82) is 0 Å². The fourth-order valence-corrected chi connectivity index (χ4v) is 2.92. The van der Waals surface area contributed by atoms with Gasteiger partial charge < -0.3 is 4.52 Å². The largest absolute Gasteiger partial charge is 0.332 e. The summed E-state index contributed by atoms with van der Waals surface area (Å²) in [6, 6.07) is 0. The van der Waals surface area contributed by atoms with Gasteiger partial charge >= 0.3 is 0 Å². The second-order valence-electron chi connectivity index (χ2n) is 3.60. The van der Waals surface area contributed by atoms with E-state index in [4.69, 9.17) is 4.52 Å². The van der Waals surface area contributed by atoms with Crippen molar-refractivity contribution >= 4 is 34.1 Å². The Labute approximate surface area is 104 Å². The Morgan fingerprint density at radius 2 is 2.33 bits per heavy atom. The molecule has 4 nitrogen and oxygen atoms in total. The van der Waals surface area contributed by atoms with E-state index in [0.717, 1.165) is 15.1 Å². The van der Waals surface area contributed by atoms with Crippen LogP contribution < -0.4 is 0 Å². The molecule has 1 aliphatic rings. The fraction of sp³-hybridized carbons (Fsp3) is 0.444. The molecule has 15 heavy (non-hydrogen) atoms. The van der Waals surface area contributed by atoms with E-state index in [-0.39, 0.29) is 0 Å². The van der Waals surface area contributed by atoms with Crippen molar-refractivity contribution in [1.82, 2.24) is 14.5 Å². The van der Waals surface area contributed by atoms with Crippen LogP contribution >= 0.6 is 34.1 Å². The molecule has 3 rings (SSSR count). The minimum Gasteiger partial charge on any atom is -0.332 e. The number of hydrogen-bond donors (Lipinski definition) is 0. The van der Waals surface area contributed by atoms with E-state index in [1.54, 1.807) is 0 Å². The van der Waals surface area contributed by atoms with E-state index in [1.807, 2.05) is 5.38 Å². The molecule has 1 aliphatic carbocycles. The summed E-state index contributed by atoms with van der Waals surface area (Å²) in [6.45, 7) is 0. The van der Waals surface area contributed by atoms with Gasteiger partial charge in [-0.15, -0.1) is 0 Å². The van der Waals surface area contributed by atoms with E-state index in [9.17, 15) is 0 Å². The molecule has 0 aliphatic heterocycles. The number of nitrogens with zero attached hydrogens (tertiary/aromatic N) is 3. The van der Waals surface area contributed by atoms with Crippen LogP contribution in [0, 0.1) is 3.57 Å². The van der Waals surface area contributed by atoms with Crippen LogP contribution in [0.1, 0.15) is 31.0 Å². The topological polar surface area (TPSA) is 51.8 Å². The van der Waals surface area contributed by atoms with Gasteiger partial charge in [0.25, 0.3) is 5.89 Å². The zero-order valence-electron chi connectivity index (χ0n) is 7.81. The third kappa shape index (κ3) is 1.69. The molecule has 0 saturated heterocycles. The highest BCUT2D eigenvalue weighted by Gasteiger charge is 2.25. The Hall–Kier alpha value is -0.500. The van der Waals surface area contributed by atoms with Crippen LogP contribution in [0.3, 0.4) is 0 Å². The maximum absolute atomic E-state index is 5.22. The van der Waals surface area contributed by atoms with Crippen molar-refractivity contribution in [3.05, 3.63) is 14.8 Å². The smallest absolute Gasteiger partial charge is 0.278 e. The van der Waals surface area contributed by atoms with Crippen LogP contribution in [0.5, 0.6) is 0 Å². The standard InChI is InChI=1S/C9H8IN3OS/c10-6-4-15-13-7(6)9-11-8(12-14-9)5-2-1-3-5/h4-5H,1-3H2. The first-order valence-electron chi connectivity index (χ1n) is 4.78. The van der Waals surface area contributed by atoms with Crippen molar-refractivity contribution in [3.8, 4) is 11.6 Å². The summed E-state index contributed by atoms with van der Waals surface area (Å²) in [4.78, 5) is 4.40. The number of halogens is 1. The van der Waals surface area contributed by atoms with Gasteiger partial charge in [-0.1, -0.05) is 11.6 Å². The lowest BCUT2D eigenvalue weighted by atomic mass is 9.85. The van der Waals surface area contributed by atoms with E-state index in [0.29, 0.717) is 11.8 Å². The van der Waals surface area contributed by atoms with Gasteiger partial charge in [0.15, 0.2) is 11.5 Å². The van der Waals surface area contributed by atoms with E-state index >= 15 is 0 Å². The monoisotopic (exact) mass is 333 g/mol. The average molecular weight is 333 g/mol. The summed E-state index contributed by atoms with van der Waals surface area (Å²) in [5.41, 5.74) is 0.818. The Morgan fingerprint density at radius 1 is 1.47 bits per heavy atom. The maximum Gasteiger partial charge on any atom is 0.278 e. The first-order valence-corrected chi connectivity index (χ1v) is 6.70. The minimum absolute atomic E-state index is 0.513. The predicted molar refractivity (Wildman–Crippen MR) is 64.7 cm³/mol. The third-order valence-corrected chi connectivity index (χ3v) is 4.52. The van der Waals surface area contributed by atoms with Crippen LogP contribution in [0.25, 0.3) is 11.6 Å². The van der Waals surface area contributed by atoms with Crippen LogP contribution in [0.15, 0.2) is 9.90 Å². The number of rotatable bonds is 2. The molecule has 1 fully saturated rings. The molecule has 0 N–H and O–H groups in total. The number of aromatic nitrogens is 3. The third-order valence-electron chi connectivity index (χ3n) is 2.64. The molecule has 0 unspecified atom stereocenters. The van der Waals surface area contributed by atoms with Gasteiger partial charge in [0.05, 0.1) is 3.57 Å². The molecule has 78 valence electrons. The normalized spacial score (nSPS) is 16.6. The zero-order chi connectivity index (χ0) is 10.3. The molecule has 1 saturated carbocycles. The van der Waals surface area contributed by atoms with E-state index < -0.39 is 0 Å². The van der Waals surface area contributed by atoms with Crippen molar-refractivity contribution in [2.24, 2.45) is 0 Å². The van der Waals surface area contributed by atoms with Gasteiger partial charge in [0, 0.05) is 11.3 Å². The summed E-state index contributed by atoms with van der Waals surface area (Å²) in [7, 11) is 0. The fourth-order valence-electron chi connectivity index (χ4n) is 1.53. The molecular formula is C9H8IN3OS. The quantitative estimate of drug-likeness (QED) is 0.793. The van der Waals surface area contributed by atoms with Gasteiger partial charge in [0.1, 0.15) is 0 Å². The van der Waals surface area contributed by atoms with Gasteiger partial charge in [-0.2, -0.15) is 9.36 Å². The SMILES string of the molecule is Ic1csnc1-c1nc(C2CCC2)no1. The molecule has 2 aromatic rings. The Balaban J connectivity index is 1.93. The lowest BCUT2D eigenvalue weighted by molar-refractivity contribution is 0.366. The second kappa shape index (κ2) is 3.82. The van der Waals surface area contributed by atoms with E-state index in [2.05, 4.69) is 37.1 Å². The summed E-state index contributed by atoms with van der Waals surface area (Å²) < 4.78 is 10.5. The highest BCUT2D eigenvalue weighted by atomic mass is 127. The van der Waals surface area contributed by atoms with Crippen molar-refractivity contribution < 1.29 is 4.52 Å². The summed E-state index contributed by atoms with van der Waals surface area (Å²) in [6.07, 6.45) is 3.66. The van der Waals surface area contributed by atoms with Crippen LogP contribution in [-0.2, 0) is 0 Å². The molecule has 6 heteroatoms. The second-order valence-corrected chi connectivity index (χ2v) is 5.39. The van der Waals surface area contributed by atoms with Gasteiger partial charge in [-0.3, -0.25) is 0 Å². The number of hydrogen-bond acceptors (Lipinski definition) is 5. The van der Waals surface area contributed by atoms with Crippen LogP contribution in [-0.4, -0.2) is 14.5 Å². The lowest BCUT2D eigenvalue weighted by Crippen LogP contribution is -2.10. The molecule has 0 spiro atoms. The minimum atomic E-state index is 0.513. The molecule has 0 radical (unpaired) electrons. The highest BCUT2D eigenvalue weighted by Crippen LogP contribution is 2.35. The molecule has 0 aromatic carbocycles.